The van der Waals surface area contributed by atoms with E-state index in [2.05, 4.69) is 16.8 Å². The molecule has 2 aliphatic rings. The number of hydrogen-bond acceptors (Lipinski definition) is 6. The van der Waals surface area contributed by atoms with Crippen LogP contribution < -0.4 is 20.3 Å². The van der Waals surface area contributed by atoms with Gasteiger partial charge in [0.1, 0.15) is 0 Å². The third kappa shape index (κ3) is 4.17. The number of halogens is 1. The zero-order valence-electron chi connectivity index (χ0n) is 15.7. The Morgan fingerprint density at radius 3 is 2.68 bits per heavy atom. The summed E-state index contributed by atoms with van der Waals surface area (Å²) < 4.78 is 17.9. The number of fused-ring (bicyclic) bond motifs is 2. The Balaban J connectivity index is 1.55. The fourth-order valence-electron chi connectivity index (χ4n) is 3.57. The number of pyridine rings is 1. The highest BCUT2D eigenvalue weighted by atomic mass is 35.5. The second-order valence-electron chi connectivity index (χ2n) is 6.97. The van der Waals surface area contributed by atoms with Gasteiger partial charge < -0.3 is 24.1 Å². The number of rotatable bonds is 7. The van der Waals surface area contributed by atoms with E-state index in [4.69, 9.17) is 25.8 Å². The minimum absolute atomic E-state index is 0.0768. The highest BCUT2D eigenvalue weighted by molar-refractivity contribution is 6.29. The Bertz CT molecular complexity index is 937. The van der Waals surface area contributed by atoms with E-state index >= 15 is 0 Å². The number of nitrogens with zero attached hydrogens (tertiary/aromatic N) is 2. The van der Waals surface area contributed by atoms with Gasteiger partial charge in [-0.2, -0.15) is 0 Å². The number of morpholine rings is 1. The molecular weight excluding hydrogens is 382 g/mol. The van der Waals surface area contributed by atoms with E-state index in [0.29, 0.717) is 28.6 Å². The first kappa shape index (κ1) is 19.3. The molecule has 4 rings (SSSR count). The van der Waals surface area contributed by atoms with Gasteiger partial charge >= 0.3 is 0 Å². The zero-order valence-corrected chi connectivity index (χ0v) is 16.5. The molecule has 1 fully saturated rings. The van der Waals surface area contributed by atoms with Crippen LogP contribution in [0.3, 0.4) is 0 Å². The van der Waals surface area contributed by atoms with E-state index < -0.39 is 0 Å². The maximum absolute atomic E-state index is 13.0. The molecule has 2 aliphatic heterocycles. The van der Waals surface area contributed by atoms with Gasteiger partial charge in [0.05, 0.1) is 25.3 Å². The van der Waals surface area contributed by atoms with Crippen LogP contribution in [0.15, 0.2) is 34.6 Å². The monoisotopic (exact) mass is 405 g/mol. The molecule has 0 unspecified atom stereocenters. The molecule has 0 saturated carbocycles. The topological polar surface area (TPSA) is 65.0 Å². The fourth-order valence-corrected chi connectivity index (χ4v) is 3.69. The van der Waals surface area contributed by atoms with Crippen molar-refractivity contribution in [2.75, 3.05) is 46.2 Å². The summed E-state index contributed by atoms with van der Waals surface area (Å²) in [7, 11) is 0. The lowest BCUT2D eigenvalue weighted by molar-refractivity contribution is 0.0384. The summed E-state index contributed by atoms with van der Waals surface area (Å²) in [6.07, 6.45) is 0. The smallest absolute Gasteiger partial charge is 0.255 e. The number of nitrogens with one attached hydrogen (secondary N) is 1. The maximum atomic E-state index is 13.0. The predicted molar refractivity (Wildman–Crippen MR) is 108 cm³/mol. The number of allylic oxidation sites excluding steroid dienone is 1. The van der Waals surface area contributed by atoms with Crippen LogP contribution >= 0.6 is 11.6 Å². The summed E-state index contributed by atoms with van der Waals surface area (Å²) in [5, 5.41) is 4.69. The van der Waals surface area contributed by atoms with E-state index in [-0.39, 0.29) is 18.9 Å². The third-order valence-corrected chi connectivity index (χ3v) is 5.14. The molecule has 8 heteroatoms. The van der Waals surface area contributed by atoms with Crippen LogP contribution in [-0.2, 0) is 17.8 Å². The quantitative estimate of drug-likeness (QED) is 0.710. The first-order valence-corrected chi connectivity index (χ1v) is 9.80. The average Bonchev–Trinajstić information content (AvgIpc) is 3.14. The Kier molecular flexibility index (Phi) is 5.87. The second-order valence-corrected chi connectivity index (χ2v) is 7.51. The highest BCUT2D eigenvalue weighted by Gasteiger charge is 2.18. The van der Waals surface area contributed by atoms with Crippen molar-refractivity contribution < 1.29 is 14.2 Å². The second kappa shape index (κ2) is 8.53. The van der Waals surface area contributed by atoms with E-state index in [1.165, 1.54) is 0 Å². The van der Waals surface area contributed by atoms with Gasteiger partial charge in [-0.05, 0) is 12.1 Å². The van der Waals surface area contributed by atoms with Gasteiger partial charge in [0.2, 0.25) is 6.79 Å². The van der Waals surface area contributed by atoms with Crippen LogP contribution in [0.2, 0.25) is 0 Å². The van der Waals surface area contributed by atoms with Crippen LogP contribution in [0.4, 0.5) is 0 Å². The molecule has 0 radical (unpaired) electrons. The largest absolute Gasteiger partial charge is 0.454 e. The molecule has 0 aliphatic carbocycles. The molecule has 1 N–H and O–H groups in total. The van der Waals surface area contributed by atoms with Gasteiger partial charge in [0, 0.05) is 54.8 Å². The molecule has 0 bridgehead atoms. The van der Waals surface area contributed by atoms with Crippen LogP contribution in [0, 0.1) is 0 Å². The third-order valence-electron chi connectivity index (χ3n) is 5.02. The van der Waals surface area contributed by atoms with E-state index in [0.717, 1.165) is 50.3 Å². The first-order valence-electron chi connectivity index (χ1n) is 9.42. The molecule has 0 atom stereocenters. The average molecular weight is 406 g/mol. The minimum atomic E-state index is -0.0768. The Morgan fingerprint density at radius 2 is 1.93 bits per heavy atom. The molecule has 0 amide bonds. The summed E-state index contributed by atoms with van der Waals surface area (Å²) in [4.78, 5) is 15.4. The lowest BCUT2D eigenvalue weighted by Gasteiger charge is -2.26. The van der Waals surface area contributed by atoms with Crippen molar-refractivity contribution in [2.24, 2.45) is 0 Å². The van der Waals surface area contributed by atoms with Crippen molar-refractivity contribution in [3.8, 4) is 11.5 Å². The molecule has 7 nitrogen and oxygen atoms in total. The van der Waals surface area contributed by atoms with Gasteiger partial charge in [-0.25, -0.2) is 0 Å². The van der Waals surface area contributed by atoms with Crippen molar-refractivity contribution >= 4 is 22.5 Å². The van der Waals surface area contributed by atoms with Gasteiger partial charge in [-0.3, -0.25) is 9.69 Å². The molecule has 150 valence electrons. The van der Waals surface area contributed by atoms with Crippen molar-refractivity contribution in [1.29, 1.82) is 0 Å². The Hall–Kier alpha value is -2.06. The Morgan fingerprint density at radius 1 is 1.18 bits per heavy atom. The summed E-state index contributed by atoms with van der Waals surface area (Å²) in [6, 6.07) is 5.64. The fraction of sp³-hybridized carbons (Fsp3) is 0.450. The molecule has 28 heavy (non-hydrogen) atoms. The maximum Gasteiger partial charge on any atom is 0.255 e. The van der Waals surface area contributed by atoms with Crippen LogP contribution in [-0.4, -0.2) is 55.7 Å². The van der Waals surface area contributed by atoms with Crippen LogP contribution in [0.1, 0.15) is 5.56 Å². The lowest BCUT2D eigenvalue weighted by Crippen LogP contribution is -2.40. The van der Waals surface area contributed by atoms with Crippen molar-refractivity contribution in [1.82, 2.24) is 14.8 Å². The van der Waals surface area contributed by atoms with Gasteiger partial charge in [-0.1, -0.05) is 18.2 Å². The van der Waals surface area contributed by atoms with E-state index in [1.54, 1.807) is 4.57 Å². The summed E-state index contributed by atoms with van der Waals surface area (Å²) >= 11 is 6.03. The van der Waals surface area contributed by atoms with Crippen molar-refractivity contribution in [3.05, 3.63) is 45.7 Å². The normalized spacial score (nSPS) is 16.6. The zero-order chi connectivity index (χ0) is 19.5. The minimum Gasteiger partial charge on any atom is -0.454 e. The molecule has 2 aromatic rings. The van der Waals surface area contributed by atoms with E-state index in [1.807, 2.05) is 18.2 Å². The summed E-state index contributed by atoms with van der Waals surface area (Å²) in [6.45, 7) is 9.89. The predicted octanol–water partition coefficient (Wildman–Crippen LogP) is 1.90. The van der Waals surface area contributed by atoms with Crippen molar-refractivity contribution in [2.45, 2.75) is 13.1 Å². The number of hydrogen-bond donors (Lipinski definition) is 1. The molecule has 1 aromatic heterocycles. The van der Waals surface area contributed by atoms with Crippen LogP contribution in [0.25, 0.3) is 10.9 Å². The molecule has 1 saturated heterocycles. The lowest BCUT2D eigenvalue weighted by atomic mass is 10.1. The number of aromatic nitrogens is 1. The van der Waals surface area contributed by atoms with Gasteiger partial charge in [-0.15, -0.1) is 0 Å². The van der Waals surface area contributed by atoms with E-state index in [9.17, 15) is 4.79 Å². The molecule has 1 aromatic carbocycles. The molecule has 0 spiro atoms. The van der Waals surface area contributed by atoms with Gasteiger partial charge in [0.25, 0.3) is 5.56 Å². The van der Waals surface area contributed by atoms with Crippen molar-refractivity contribution in [3.63, 3.8) is 0 Å². The summed E-state index contributed by atoms with van der Waals surface area (Å²) in [5.74, 6) is 1.32. The highest BCUT2D eigenvalue weighted by Crippen LogP contribution is 2.36. The van der Waals surface area contributed by atoms with Crippen LogP contribution in [0.5, 0.6) is 11.5 Å². The number of benzene rings is 1. The molecule has 3 heterocycles. The summed E-state index contributed by atoms with van der Waals surface area (Å²) in [5.41, 5.74) is 1.37. The number of ether oxygens (including phenoxy) is 3. The SMILES string of the molecule is C=C(Cl)Cn1c(=O)c(CNCCN2CCOCC2)cc2cc3c(cc21)OCO3. The Labute approximate surface area is 168 Å². The van der Waals surface area contributed by atoms with Gasteiger partial charge in [0.15, 0.2) is 11.5 Å². The standard InChI is InChI=1S/C20H24ClN3O4/c1-14(21)12-24-17-10-19-18(27-13-28-19)9-15(17)8-16(20(24)25)11-22-2-3-23-4-6-26-7-5-23/h8-10,22H,1-7,11-13H2. The first-order chi connectivity index (χ1) is 13.6. The molecular formula is C20H24ClN3O4.